The molecule has 1 rings (SSSR count). The van der Waals surface area contributed by atoms with E-state index in [2.05, 4.69) is 32.6 Å². The molecule has 1 aromatic carbocycles. The first-order chi connectivity index (χ1) is 9.08. The molecule has 0 saturated heterocycles. The Balaban J connectivity index is 3.11. The number of halogens is 2. The Morgan fingerprint density at radius 2 is 2.37 bits per heavy atom. The van der Waals surface area contributed by atoms with Gasteiger partial charge in [0, 0.05) is 15.7 Å². The second-order valence-corrected chi connectivity index (χ2v) is 4.74. The average molecular weight is 395 g/mol. The normalized spacial score (nSPS) is 11.5. The third-order valence-corrected chi connectivity index (χ3v) is 3.69. The van der Waals surface area contributed by atoms with E-state index in [4.69, 9.17) is 16.9 Å². The summed E-state index contributed by atoms with van der Waals surface area (Å²) in [7, 11) is 1.25. The number of carbonyl (C=O) groups is 1. The van der Waals surface area contributed by atoms with Crippen LogP contribution in [0.2, 0.25) is 5.02 Å². The molecule has 0 spiro atoms. The molecular formula is C12H12ClIN2O3. The molecule has 19 heavy (non-hydrogen) atoms. The van der Waals surface area contributed by atoms with E-state index in [1.54, 1.807) is 12.1 Å². The molecule has 0 fully saturated rings. The van der Waals surface area contributed by atoms with E-state index in [1.807, 2.05) is 6.07 Å². The summed E-state index contributed by atoms with van der Waals surface area (Å²) in [5, 5.41) is 21.3. The number of esters is 1. The van der Waals surface area contributed by atoms with Gasteiger partial charge in [-0.3, -0.25) is 0 Å². The molecule has 0 bridgehead atoms. The van der Waals surface area contributed by atoms with Crippen molar-refractivity contribution in [3.63, 3.8) is 0 Å². The number of hydrogen-bond donors (Lipinski definition) is 2. The van der Waals surface area contributed by atoms with E-state index in [9.17, 15) is 9.90 Å². The predicted molar refractivity (Wildman–Crippen MR) is 80.4 cm³/mol. The van der Waals surface area contributed by atoms with Crippen LogP contribution in [0.4, 0.5) is 5.69 Å². The first kappa shape index (κ1) is 16.0. The van der Waals surface area contributed by atoms with Gasteiger partial charge < -0.3 is 15.2 Å². The number of rotatable bonds is 5. The van der Waals surface area contributed by atoms with Crippen LogP contribution in [-0.4, -0.2) is 30.8 Å². The maximum Gasteiger partial charge on any atom is 0.330 e. The maximum atomic E-state index is 11.4. The number of nitrogens with one attached hydrogen (secondary N) is 1. The topological polar surface area (TPSA) is 82.3 Å². The zero-order valence-electron chi connectivity index (χ0n) is 10.1. The van der Waals surface area contributed by atoms with Crippen LogP contribution in [0.3, 0.4) is 0 Å². The van der Waals surface area contributed by atoms with Gasteiger partial charge in [0.25, 0.3) is 0 Å². The van der Waals surface area contributed by atoms with Crippen molar-refractivity contribution in [3.05, 3.63) is 28.3 Å². The molecule has 0 unspecified atom stereocenters. The van der Waals surface area contributed by atoms with Gasteiger partial charge in [-0.1, -0.05) is 34.2 Å². The first-order valence-corrected chi connectivity index (χ1v) is 7.22. The fourth-order valence-corrected chi connectivity index (χ4v) is 2.77. The number of aliphatic hydroxyl groups is 1. The van der Waals surface area contributed by atoms with E-state index < -0.39 is 18.6 Å². The van der Waals surface area contributed by atoms with Crippen molar-refractivity contribution in [3.8, 4) is 6.07 Å². The van der Waals surface area contributed by atoms with Gasteiger partial charge in [-0.2, -0.15) is 5.26 Å². The van der Waals surface area contributed by atoms with Gasteiger partial charge in [-0.15, -0.1) is 0 Å². The van der Waals surface area contributed by atoms with Crippen LogP contribution in [-0.2, 0) is 14.0 Å². The van der Waals surface area contributed by atoms with Crippen LogP contribution in [0.1, 0.15) is 11.1 Å². The van der Waals surface area contributed by atoms with Crippen LogP contribution < -0.4 is 5.32 Å². The molecule has 5 nitrogen and oxygen atoms in total. The van der Waals surface area contributed by atoms with Crippen molar-refractivity contribution in [1.29, 1.82) is 5.26 Å². The number of nitrogens with zero attached hydrogens (tertiary/aromatic N) is 1. The molecular weight excluding hydrogens is 382 g/mol. The number of alkyl halides is 1. The van der Waals surface area contributed by atoms with Crippen molar-refractivity contribution >= 4 is 45.8 Å². The van der Waals surface area contributed by atoms with Crippen molar-refractivity contribution in [2.45, 2.75) is 10.5 Å². The van der Waals surface area contributed by atoms with Gasteiger partial charge in [-0.05, 0) is 12.1 Å². The summed E-state index contributed by atoms with van der Waals surface area (Å²) in [4.78, 5) is 11.4. The SMILES string of the molecule is COC(=O)[C@@H](CO)Nc1ccc(C#N)c(Cl)c1CI. The summed E-state index contributed by atoms with van der Waals surface area (Å²) in [6, 6.07) is 4.35. The molecule has 0 heterocycles. The summed E-state index contributed by atoms with van der Waals surface area (Å²) in [6.07, 6.45) is 0. The molecule has 0 radical (unpaired) electrons. The lowest BCUT2D eigenvalue weighted by Crippen LogP contribution is -2.34. The van der Waals surface area contributed by atoms with E-state index in [0.717, 1.165) is 0 Å². The zero-order valence-corrected chi connectivity index (χ0v) is 13.0. The Morgan fingerprint density at radius 3 is 2.84 bits per heavy atom. The van der Waals surface area contributed by atoms with Crippen LogP contribution in [0.25, 0.3) is 0 Å². The summed E-state index contributed by atoms with van der Waals surface area (Å²) in [6.45, 7) is -0.398. The summed E-state index contributed by atoms with van der Waals surface area (Å²) >= 11 is 8.22. The lowest BCUT2D eigenvalue weighted by molar-refractivity contribution is -0.142. The van der Waals surface area contributed by atoms with Gasteiger partial charge in [0.2, 0.25) is 0 Å². The molecule has 0 aliphatic carbocycles. The second-order valence-electron chi connectivity index (χ2n) is 3.60. The summed E-state index contributed by atoms with van der Waals surface area (Å²) < 4.78 is 5.14. The highest BCUT2D eigenvalue weighted by molar-refractivity contribution is 14.1. The number of aliphatic hydroxyl groups excluding tert-OH is 1. The molecule has 1 atom stereocenters. The number of nitriles is 1. The highest BCUT2D eigenvalue weighted by Crippen LogP contribution is 2.30. The highest BCUT2D eigenvalue weighted by atomic mass is 127. The lowest BCUT2D eigenvalue weighted by Gasteiger charge is -2.18. The standard InChI is InChI=1S/C12H12ClIN2O3/c1-19-12(18)10(6-17)16-9-3-2-7(5-15)11(13)8(9)4-14/h2-3,10,16-17H,4,6H2,1H3/t10-/m1/s1. The minimum Gasteiger partial charge on any atom is -0.467 e. The molecule has 0 amide bonds. The molecule has 0 aromatic heterocycles. The third-order valence-electron chi connectivity index (χ3n) is 2.50. The largest absolute Gasteiger partial charge is 0.467 e. The molecule has 0 aliphatic rings. The minimum atomic E-state index is -0.865. The second kappa shape index (κ2) is 7.53. The Bertz CT molecular complexity index is 516. The van der Waals surface area contributed by atoms with Gasteiger partial charge in [0.1, 0.15) is 12.1 Å². The smallest absolute Gasteiger partial charge is 0.330 e. The summed E-state index contributed by atoms with van der Waals surface area (Å²) in [5.74, 6) is -0.567. The number of ether oxygens (including phenoxy) is 1. The van der Waals surface area contributed by atoms with E-state index >= 15 is 0 Å². The molecule has 1 aromatic rings. The number of benzene rings is 1. The average Bonchev–Trinajstić information content (AvgIpc) is 2.44. The zero-order chi connectivity index (χ0) is 14.4. The van der Waals surface area contributed by atoms with E-state index in [0.29, 0.717) is 26.3 Å². The Hall–Kier alpha value is -1.04. The van der Waals surface area contributed by atoms with Crippen LogP contribution >= 0.6 is 34.2 Å². The molecule has 0 aliphatic heterocycles. The number of hydrogen-bond acceptors (Lipinski definition) is 5. The number of carbonyl (C=O) groups excluding carboxylic acids is 1. The van der Waals surface area contributed by atoms with Gasteiger partial charge >= 0.3 is 5.97 Å². The monoisotopic (exact) mass is 394 g/mol. The van der Waals surface area contributed by atoms with Gasteiger partial charge in [-0.25, -0.2) is 4.79 Å². The Kier molecular flexibility index (Phi) is 6.34. The number of methoxy groups -OCH3 is 1. The van der Waals surface area contributed by atoms with Crippen molar-refractivity contribution in [2.75, 3.05) is 19.0 Å². The fraction of sp³-hybridized carbons (Fsp3) is 0.333. The molecule has 7 heteroatoms. The Labute approximate surface area is 129 Å². The van der Waals surface area contributed by atoms with Crippen LogP contribution in [0.15, 0.2) is 12.1 Å². The van der Waals surface area contributed by atoms with Crippen LogP contribution in [0.5, 0.6) is 0 Å². The van der Waals surface area contributed by atoms with Crippen LogP contribution in [0, 0.1) is 11.3 Å². The Morgan fingerprint density at radius 1 is 1.68 bits per heavy atom. The fourth-order valence-electron chi connectivity index (χ4n) is 1.48. The molecule has 102 valence electrons. The van der Waals surface area contributed by atoms with Gasteiger partial charge in [0.15, 0.2) is 0 Å². The van der Waals surface area contributed by atoms with E-state index in [1.165, 1.54) is 7.11 Å². The third kappa shape index (κ3) is 3.72. The van der Waals surface area contributed by atoms with Crippen molar-refractivity contribution < 1.29 is 14.6 Å². The minimum absolute atomic E-state index is 0.350. The van der Waals surface area contributed by atoms with E-state index in [-0.39, 0.29) is 0 Å². The molecule has 0 saturated carbocycles. The van der Waals surface area contributed by atoms with Gasteiger partial charge in [0.05, 0.1) is 24.3 Å². The quantitative estimate of drug-likeness (QED) is 0.454. The first-order valence-electron chi connectivity index (χ1n) is 5.31. The lowest BCUT2D eigenvalue weighted by atomic mass is 10.1. The highest BCUT2D eigenvalue weighted by Gasteiger charge is 2.20. The van der Waals surface area contributed by atoms with Crippen molar-refractivity contribution in [2.24, 2.45) is 0 Å². The predicted octanol–water partition coefficient (Wildman–Crippen LogP) is 2.09. The molecule has 2 N–H and O–H groups in total. The maximum absolute atomic E-state index is 11.4. The van der Waals surface area contributed by atoms with Crippen molar-refractivity contribution in [1.82, 2.24) is 0 Å². The summed E-state index contributed by atoms with van der Waals surface area (Å²) in [5.41, 5.74) is 1.68. The number of anilines is 1.